The van der Waals surface area contributed by atoms with Gasteiger partial charge in [-0.3, -0.25) is 4.98 Å². The molecule has 0 saturated carbocycles. The Labute approximate surface area is 86.3 Å². The topological polar surface area (TPSA) is 46.0 Å². The predicted octanol–water partition coefficient (Wildman–Crippen LogP) is 1.77. The fraction of sp³-hybridized carbons (Fsp3) is 0.0909. The molecule has 0 aromatic carbocycles. The Morgan fingerprint density at radius 2 is 2.20 bits per heavy atom. The van der Waals surface area contributed by atoms with Gasteiger partial charge in [0.2, 0.25) is 5.95 Å². The van der Waals surface area contributed by atoms with E-state index in [4.69, 9.17) is 5.11 Å². The second-order valence-electron chi connectivity index (χ2n) is 3.08. The molecule has 0 saturated heterocycles. The van der Waals surface area contributed by atoms with Crippen molar-refractivity contribution in [2.24, 2.45) is 0 Å². The van der Waals surface area contributed by atoms with Gasteiger partial charge in [0.25, 0.3) is 0 Å². The number of aliphatic hydroxyl groups excluding tert-OH is 1. The van der Waals surface area contributed by atoms with Crippen LogP contribution in [0.15, 0.2) is 36.8 Å². The van der Waals surface area contributed by atoms with E-state index in [1.807, 2.05) is 0 Å². The molecule has 0 atom stereocenters. The average Bonchev–Trinajstić information content (AvgIpc) is 2.30. The third-order valence-corrected chi connectivity index (χ3v) is 2.05. The van der Waals surface area contributed by atoms with Crippen molar-refractivity contribution in [1.82, 2.24) is 9.97 Å². The molecular formula is C11H9FN2O. The number of aliphatic hydroxyl groups is 1. The SMILES string of the molecule is OCc1cncc(-c2cccnc2F)c1. The summed E-state index contributed by atoms with van der Waals surface area (Å²) < 4.78 is 13.3. The van der Waals surface area contributed by atoms with E-state index in [1.54, 1.807) is 24.4 Å². The molecule has 76 valence electrons. The first-order valence-corrected chi connectivity index (χ1v) is 4.47. The molecule has 0 bridgehead atoms. The van der Waals surface area contributed by atoms with Gasteiger partial charge < -0.3 is 5.11 Å². The Hall–Kier alpha value is -1.81. The van der Waals surface area contributed by atoms with Crippen LogP contribution in [0.4, 0.5) is 4.39 Å². The van der Waals surface area contributed by atoms with Crippen molar-refractivity contribution in [3.05, 3.63) is 48.3 Å². The molecule has 0 fully saturated rings. The van der Waals surface area contributed by atoms with Crippen LogP contribution < -0.4 is 0 Å². The summed E-state index contributed by atoms with van der Waals surface area (Å²) in [6.07, 6.45) is 4.47. The van der Waals surface area contributed by atoms with Gasteiger partial charge in [-0.05, 0) is 23.8 Å². The number of halogens is 1. The van der Waals surface area contributed by atoms with E-state index in [0.29, 0.717) is 16.7 Å². The minimum atomic E-state index is -0.533. The molecule has 2 heterocycles. The molecule has 4 heteroatoms. The molecule has 0 aliphatic carbocycles. The molecule has 2 aromatic heterocycles. The van der Waals surface area contributed by atoms with E-state index in [2.05, 4.69) is 9.97 Å². The van der Waals surface area contributed by atoms with E-state index in [9.17, 15) is 4.39 Å². The second-order valence-corrected chi connectivity index (χ2v) is 3.08. The van der Waals surface area contributed by atoms with Gasteiger partial charge in [0.15, 0.2) is 0 Å². The Morgan fingerprint density at radius 3 is 2.93 bits per heavy atom. The minimum absolute atomic E-state index is 0.108. The van der Waals surface area contributed by atoms with Gasteiger partial charge in [-0.25, -0.2) is 4.98 Å². The van der Waals surface area contributed by atoms with Gasteiger partial charge in [0, 0.05) is 29.7 Å². The lowest BCUT2D eigenvalue weighted by molar-refractivity contribution is 0.281. The molecule has 0 radical (unpaired) electrons. The third-order valence-electron chi connectivity index (χ3n) is 2.05. The highest BCUT2D eigenvalue weighted by Crippen LogP contribution is 2.20. The molecule has 1 N–H and O–H groups in total. The molecule has 2 aromatic rings. The number of hydrogen-bond donors (Lipinski definition) is 1. The van der Waals surface area contributed by atoms with E-state index in [1.165, 1.54) is 12.4 Å². The van der Waals surface area contributed by atoms with Crippen LogP contribution in [0.25, 0.3) is 11.1 Å². The van der Waals surface area contributed by atoms with E-state index in [-0.39, 0.29) is 6.61 Å². The molecule has 3 nitrogen and oxygen atoms in total. The summed E-state index contributed by atoms with van der Waals surface area (Å²) in [6.45, 7) is -0.108. The van der Waals surface area contributed by atoms with Crippen molar-refractivity contribution in [1.29, 1.82) is 0 Å². The van der Waals surface area contributed by atoms with Crippen molar-refractivity contribution in [2.45, 2.75) is 6.61 Å². The van der Waals surface area contributed by atoms with Gasteiger partial charge in [-0.2, -0.15) is 4.39 Å². The number of pyridine rings is 2. The van der Waals surface area contributed by atoms with Crippen LogP contribution in [0.5, 0.6) is 0 Å². The van der Waals surface area contributed by atoms with Gasteiger partial charge in [0.1, 0.15) is 0 Å². The summed E-state index contributed by atoms with van der Waals surface area (Å²) in [5.41, 5.74) is 1.66. The lowest BCUT2D eigenvalue weighted by Gasteiger charge is -2.03. The summed E-state index contributed by atoms with van der Waals surface area (Å²) in [6, 6.07) is 4.97. The van der Waals surface area contributed by atoms with Gasteiger partial charge in [-0.15, -0.1) is 0 Å². The number of nitrogens with zero attached hydrogens (tertiary/aromatic N) is 2. The third kappa shape index (κ3) is 1.99. The van der Waals surface area contributed by atoms with E-state index in [0.717, 1.165) is 0 Å². The Bertz CT molecular complexity index is 474. The van der Waals surface area contributed by atoms with E-state index < -0.39 is 5.95 Å². The Balaban J connectivity index is 2.49. The zero-order chi connectivity index (χ0) is 10.7. The van der Waals surface area contributed by atoms with Crippen LogP contribution in [0.2, 0.25) is 0 Å². The van der Waals surface area contributed by atoms with Crippen LogP contribution in [-0.4, -0.2) is 15.1 Å². The van der Waals surface area contributed by atoms with Gasteiger partial charge >= 0.3 is 0 Å². The van der Waals surface area contributed by atoms with Crippen molar-refractivity contribution >= 4 is 0 Å². The maximum Gasteiger partial charge on any atom is 0.220 e. The summed E-state index contributed by atoms with van der Waals surface area (Å²) in [5.74, 6) is -0.533. The summed E-state index contributed by atoms with van der Waals surface area (Å²) >= 11 is 0. The van der Waals surface area contributed by atoms with Crippen molar-refractivity contribution in [3.63, 3.8) is 0 Å². The van der Waals surface area contributed by atoms with Gasteiger partial charge in [0.05, 0.1) is 6.61 Å². The molecule has 0 amide bonds. The minimum Gasteiger partial charge on any atom is -0.392 e. The zero-order valence-electron chi connectivity index (χ0n) is 7.89. The molecule has 0 unspecified atom stereocenters. The fourth-order valence-corrected chi connectivity index (χ4v) is 1.32. The second kappa shape index (κ2) is 4.14. The van der Waals surface area contributed by atoms with Crippen LogP contribution in [0.1, 0.15) is 5.56 Å². The summed E-state index contributed by atoms with van der Waals surface area (Å²) in [5, 5.41) is 8.93. The fourth-order valence-electron chi connectivity index (χ4n) is 1.32. The van der Waals surface area contributed by atoms with Crippen LogP contribution in [-0.2, 0) is 6.61 Å². The highest BCUT2D eigenvalue weighted by molar-refractivity contribution is 5.62. The highest BCUT2D eigenvalue weighted by Gasteiger charge is 2.05. The maximum absolute atomic E-state index is 13.3. The summed E-state index contributed by atoms with van der Waals surface area (Å²) in [7, 11) is 0. The number of aromatic nitrogens is 2. The largest absolute Gasteiger partial charge is 0.392 e. The summed E-state index contributed by atoms with van der Waals surface area (Å²) in [4.78, 5) is 7.47. The Kier molecular flexibility index (Phi) is 2.69. The Morgan fingerprint density at radius 1 is 1.33 bits per heavy atom. The lowest BCUT2D eigenvalue weighted by atomic mass is 10.1. The highest BCUT2D eigenvalue weighted by atomic mass is 19.1. The predicted molar refractivity (Wildman–Crippen MR) is 53.3 cm³/mol. The zero-order valence-corrected chi connectivity index (χ0v) is 7.89. The molecule has 15 heavy (non-hydrogen) atoms. The molecule has 0 aliphatic heterocycles. The van der Waals surface area contributed by atoms with Gasteiger partial charge in [-0.1, -0.05) is 0 Å². The smallest absolute Gasteiger partial charge is 0.220 e. The molecule has 0 spiro atoms. The van der Waals surface area contributed by atoms with Crippen molar-refractivity contribution < 1.29 is 9.50 Å². The van der Waals surface area contributed by atoms with Crippen molar-refractivity contribution in [2.75, 3.05) is 0 Å². The average molecular weight is 204 g/mol. The first-order valence-electron chi connectivity index (χ1n) is 4.47. The normalized spacial score (nSPS) is 10.3. The van der Waals surface area contributed by atoms with Crippen molar-refractivity contribution in [3.8, 4) is 11.1 Å². The molecule has 2 rings (SSSR count). The van der Waals surface area contributed by atoms with E-state index >= 15 is 0 Å². The van der Waals surface area contributed by atoms with Crippen LogP contribution in [0.3, 0.4) is 0 Å². The monoisotopic (exact) mass is 204 g/mol. The number of rotatable bonds is 2. The van der Waals surface area contributed by atoms with Crippen LogP contribution >= 0.6 is 0 Å². The first-order chi connectivity index (χ1) is 7.31. The van der Waals surface area contributed by atoms with Crippen LogP contribution in [0, 0.1) is 5.95 Å². The number of hydrogen-bond acceptors (Lipinski definition) is 3. The maximum atomic E-state index is 13.3. The lowest BCUT2D eigenvalue weighted by Crippen LogP contribution is -1.91. The molecular weight excluding hydrogens is 195 g/mol. The quantitative estimate of drug-likeness (QED) is 0.758. The molecule has 0 aliphatic rings. The first kappa shape index (κ1) is 9.73. The standard InChI is InChI=1S/C11H9FN2O/c12-11-10(2-1-3-14-11)9-4-8(7-15)5-13-6-9/h1-6,15H,7H2.